The summed E-state index contributed by atoms with van der Waals surface area (Å²) in [4.78, 5) is 11.7. The van der Waals surface area contributed by atoms with E-state index in [9.17, 15) is 4.79 Å². The number of aryl methyl sites for hydroxylation is 1. The summed E-state index contributed by atoms with van der Waals surface area (Å²) in [5, 5.41) is 10.5. The first-order valence-electron chi connectivity index (χ1n) is 6.24. The van der Waals surface area contributed by atoms with Crippen LogP contribution >= 0.6 is 0 Å². The highest BCUT2D eigenvalue weighted by Gasteiger charge is 2.19. The third-order valence-corrected chi connectivity index (χ3v) is 3.12. The SMILES string of the molecule is CC1CC(NC(=O)CCn2cccn2)CCN1. The van der Waals surface area contributed by atoms with Crippen LogP contribution in [0.4, 0.5) is 0 Å². The molecule has 0 spiro atoms. The van der Waals surface area contributed by atoms with E-state index in [0.717, 1.165) is 19.4 Å². The predicted octanol–water partition coefficient (Wildman–Crippen LogP) is 0.530. The van der Waals surface area contributed by atoms with Crippen molar-refractivity contribution < 1.29 is 4.79 Å². The lowest BCUT2D eigenvalue weighted by molar-refractivity contribution is -0.122. The molecule has 1 aromatic heterocycles. The molecule has 0 aromatic carbocycles. The Labute approximate surface area is 102 Å². The summed E-state index contributed by atoms with van der Waals surface area (Å²) in [6.45, 7) is 3.80. The van der Waals surface area contributed by atoms with Gasteiger partial charge >= 0.3 is 0 Å². The molecular formula is C12H20N4O. The van der Waals surface area contributed by atoms with Crippen molar-refractivity contribution in [2.45, 2.75) is 44.8 Å². The second kappa shape index (κ2) is 5.82. The Bertz CT molecular complexity index is 349. The van der Waals surface area contributed by atoms with E-state index >= 15 is 0 Å². The molecular weight excluding hydrogens is 216 g/mol. The molecule has 5 nitrogen and oxygen atoms in total. The quantitative estimate of drug-likeness (QED) is 0.801. The minimum atomic E-state index is 0.125. The van der Waals surface area contributed by atoms with Crippen molar-refractivity contribution in [2.24, 2.45) is 0 Å². The van der Waals surface area contributed by atoms with Gasteiger partial charge in [0, 0.05) is 37.4 Å². The third-order valence-electron chi connectivity index (χ3n) is 3.12. The largest absolute Gasteiger partial charge is 0.353 e. The molecule has 2 rings (SSSR count). The van der Waals surface area contributed by atoms with Gasteiger partial charge in [-0.15, -0.1) is 0 Å². The molecule has 1 aliphatic rings. The van der Waals surface area contributed by atoms with Gasteiger partial charge in [-0.1, -0.05) is 0 Å². The Kier molecular flexibility index (Phi) is 4.14. The molecule has 1 aliphatic heterocycles. The molecule has 2 heterocycles. The number of nitrogens with one attached hydrogen (secondary N) is 2. The van der Waals surface area contributed by atoms with Crippen LogP contribution in [0.3, 0.4) is 0 Å². The third kappa shape index (κ3) is 3.85. The van der Waals surface area contributed by atoms with Crippen molar-refractivity contribution >= 4 is 5.91 Å². The number of hydrogen-bond acceptors (Lipinski definition) is 3. The van der Waals surface area contributed by atoms with Crippen LogP contribution in [0.5, 0.6) is 0 Å². The number of nitrogens with zero attached hydrogens (tertiary/aromatic N) is 2. The van der Waals surface area contributed by atoms with Crippen LogP contribution in [0.1, 0.15) is 26.2 Å². The lowest BCUT2D eigenvalue weighted by Gasteiger charge is -2.28. The van der Waals surface area contributed by atoms with Gasteiger partial charge in [0.15, 0.2) is 0 Å². The average Bonchev–Trinajstić information content (AvgIpc) is 2.79. The number of piperidine rings is 1. The lowest BCUT2D eigenvalue weighted by atomic mass is 10.0. The van der Waals surface area contributed by atoms with Crippen molar-refractivity contribution in [1.82, 2.24) is 20.4 Å². The summed E-state index contributed by atoms with van der Waals surface area (Å²) >= 11 is 0. The summed E-state index contributed by atoms with van der Waals surface area (Å²) in [7, 11) is 0. The molecule has 0 saturated carbocycles. The summed E-state index contributed by atoms with van der Waals surface area (Å²) in [5.74, 6) is 0.125. The predicted molar refractivity (Wildman–Crippen MR) is 65.5 cm³/mol. The summed E-state index contributed by atoms with van der Waals surface area (Å²) in [6, 6.07) is 2.70. The van der Waals surface area contributed by atoms with Crippen LogP contribution in [0, 0.1) is 0 Å². The molecule has 0 bridgehead atoms. The first-order chi connectivity index (χ1) is 8.24. The normalized spacial score (nSPS) is 24.5. The van der Waals surface area contributed by atoms with Gasteiger partial charge in [-0.2, -0.15) is 5.10 Å². The molecule has 5 heteroatoms. The number of carbonyl (C=O) groups excluding carboxylic acids is 1. The number of amides is 1. The zero-order valence-corrected chi connectivity index (χ0v) is 10.2. The highest BCUT2D eigenvalue weighted by molar-refractivity contribution is 5.76. The zero-order chi connectivity index (χ0) is 12.1. The van der Waals surface area contributed by atoms with Gasteiger partial charge in [0.1, 0.15) is 0 Å². The van der Waals surface area contributed by atoms with E-state index in [1.807, 2.05) is 12.3 Å². The van der Waals surface area contributed by atoms with Crippen LogP contribution in [-0.2, 0) is 11.3 Å². The molecule has 0 aliphatic carbocycles. The van der Waals surface area contributed by atoms with E-state index in [1.54, 1.807) is 10.9 Å². The Morgan fingerprint density at radius 2 is 2.53 bits per heavy atom. The second-order valence-corrected chi connectivity index (χ2v) is 4.66. The van der Waals surface area contributed by atoms with Crippen LogP contribution in [0.2, 0.25) is 0 Å². The maximum atomic E-state index is 11.7. The monoisotopic (exact) mass is 236 g/mol. The maximum absolute atomic E-state index is 11.7. The smallest absolute Gasteiger partial charge is 0.222 e. The standard InChI is InChI=1S/C12H20N4O/c1-10-9-11(3-6-13-10)15-12(17)4-8-16-7-2-5-14-16/h2,5,7,10-11,13H,3-4,6,8-9H2,1H3,(H,15,17). The van der Waals surface area contributed by atoms with E-state index in [1.165, 1.54) is 0 Å². The Balaban J connectivity index is 1.70. The lowest BCUT2D eigenvalue weighted by Crippen LogP contribution is -2.46. The first-order valence-corrected chi connectivity index (χ1v) is 6.24. The van der Waals surface area contributed by atoms with Gasteiger partial charge in [-0.25, -0.2) is 0 Å². The Morgan fingerprint density at radius 3 is 3.24 bits per heavy atom. The Hall–Kier alpha value is -1.36. The van der Waals surface area contributed by atoms with E-state index < -0.39 is 0 Å². The fourth-order valence-corrected chi connectivity index (χ4v) is 2.21. The molecule has 1 fully saturated rings. The number of carbonyl (C=O) groups is 1. The van der Waals surface area contributed by atoms with E-state index in [4.69, 9.17) is 0 Å². The van der Waals surface area contributed by atoms with Gasteiger partial charge in [-0.3, -0.25) is 9.48 Å². The summed E-state index contributed by atoms with van der Waals surface area (Å²) in [5.41, 5.74) is 0. The summed E-state index contributed by atoms with van der Waals surface area (Å²) in [6.07, 6.45) is 6.15. The van der Waals surface area contributed by atoms with Gasteiger partial charge in [-0.05, 0) is 32.4 Å². The molecule has 1 amide bonds. The van der Waals surface area contributed by atoms with E-state index in [2.05, 4.69) is 22.7 Å². The molecule has 17 heavy (non-hydrogen) atoms. The molecule has 1 aromatic rings. The fraction of sp³-hybridized carbons (Fsp3) is 0.667. The molecule has 1 saturated heterocycles. The van der Waals surface area contributed by atoms with Gasteiger partial charge in [0.05, 0.1) is 0 Å². The van der Waals surface area contributed by atoms with E-state index in [0.29, 0.717) is 25.0 Å². The van der Waals surface area contributed by atoms with Crippen molar-refractivity contribution in [3.8, 4) is 0 Å². The van der Waals surface area contributed by atoms with Crippen LogP contribution < -0.4 is 10.6 Å². The Morgan fingerprint density at radius 1 is 1.65 bits per heavy atom. The first kappa shape index (κ1) is 12.1. The molecule has 94 valence electrons. The van der Waals surface area contributed by atoms with Gasteiger partial charge < -0.3 is 10.6 Å². The highest BCUT2D eigenvalue weighted by atomic mass is 16.1. The number of rotatable bonds is 4. The fourth-order valence-electron chi connectivity index (χ4n) is 2.21. The topological polar surface area (TPSA) is 59.0 Å². The minimum absolute atomic E-state index is 0.125. The van der Waals surface area contributed by atoms with E-state index in [-0.39, 0.29) is 5.91 Å². The van der Waals surface area contributed by atoms with Gasteiger partial charge in [0.25, 0.3) is 0 Å². The average molecular weight is 236 g/mol. The minimum Gasteiger partial charge on any atom is -0.353 e. The molecule has 2 N–H and O–H groups in total. The zero-order valence-electron chi connectivity index (χ0n) is 10.2. The molecule has 0 radical (unpaired) electrons. The van der Waals surface area contributed by atoms with Gasteiger partial charge in [0.2, 0.25) is 5.91 Å². The van der Waals surface area contributed by atoms with Crippen LogP contribution in [-0.4, -0.2) is 34.3 Å². The van der Waals surface area contributed by atoms with Crippen molar-refractivity contribution in [1.29, 1.82) is 0 Å². The molecule has 2 unspecified atom stereocenters. The van der Waals surface area contributed by atoms with Crippen molar-refractivity contribution in [3.05, 3.63) is 18.5 Å². The number of hydrogen-bond donors (Lipinski definition) is 2. The summed E-state index contributed by atoms with van der Waals surface area (Å²) < 4.78 is 1.78. The molecule has 2 atom stereocenters. The second-order valence-electron chi connectivity index (χ2n) is 4.66. The van der Waals surface area contributed by atoms with Crippen molar-refractivity contribution in [3.63, 3.8) is 0 Å². The highest BCUT2D eigenvalue weighted by Crippen LogP contribution is 2.08. The van der Waals surface area contributed by atoms with Crippen LogP contribution in [0.25, 0.3) is 0 Å². The van der Waals surface area contributed by atoms with Crippen molar-refractivity contribution in [2.75, 3.05) is 6.54 Å². The maximum Gasteiger partial charge on any atom is 0.222 e. The number of aromatic nitrogens is 2. The van der Waals surface area contributed by atoms with Crippen LogP contribution in [0.15, 0.2) is 18.5 Å².